The van der Waals surface area contributed by atoms with Gasteiger partial charge in [0.25, 0.3) is 0 Å². The van der Waals surface area contributed by atoms with Gasteiger partial charge in [0.15, 0.2) is 0 Å². The number of hydrogen-bond donors (Lipinski definition) is 3. The van der Waals surface area contributed by atoms with E-state index in [4.69, 9.17) is 29.0 Å². The van der Waals surface area contributed by atoms with Crippen LogP contribution in [0.5, 0.6) is 0 Å². The molecule has 0 radical (unpaired) electrons. The molecule has 2 aromatic rings. The summed E-state index contributed by atoms with van der Waals surface area (Å²) in [6.07, 6.45) is 1.57. The molecule has 0 saturated heterocycles. The molecule has 1 aromatic carbocycles. The molecule has 8 heteroatoms. The van der Waals surface area contributed by atoms with Crippen LogP contribution in [0.15, 0.2) is 28.9 Å². The highest BCUT2D eigenvalue weighted by atomic mass is 79.9. The van der Waals surface area contributed by atoms with Crippen LogP contribution in [0.25, 0.3) is 0 Å². The summed E-state index contributed by atoms with van der Waals surface area (Å²) in [4.78, 5) is 8.10. The fraction of sp³-hybridized carbons (Fsp3) is 0. The van der Waals surface area contributed by atoms with Gasteiger partial charge in [0, 0.05) is 6.20 Å². The van der Waals surface area contributed by atoms with Crippen molar-refractivity contribution < 1.29 is 0 Å². The molecule has 0 aliphatic heterocycles. The number of hydrogen-bond acceptors (Lipinski definition) is 5. The van der Waals surface area contributed by atoms with E-state index in [0.29, 0.717) is 32.0 Å². The maximum absolute atomic E-state index is 6.08. The number of benzene rings is 1. The van der Waals surface area contributed by atoms with Crippen LogP contribution >= 0.6 is 39.1 Å². The van der Waals surface area contributed by atoms with Gasteiger partial charge >= 0.3 is 0 Å². The summed E-state index contributed by atoms with van der Waals surface area (Å²) in [5, 5.41) is 3.93. The molecule has 0 saturated carbocycles. The number of nitrogens with zero attached hydrogens (tertiary/aromatic N) is 2. The molecule has 0 fully saturated rings. The van der Waals surface area contributed by atoms with Crippen molar-refractivity contribution in [2.75, 3.05) is 10.7 Å². The third-order valence-electron chi connectivity index (χ3n) is 2.08. The molecule has 0 spiro atoms. The molecule has 94 valence electrons. The van der Waals surface area contributed by atoms with E-state index in [1.54, 1.807) is 24.4 Å². The van der Waals surface area contributed by atoms with E-state index in [-0.39, 0.29) is 0 Å². The fourth-order valence-electron chi connectivity index (χ4n) is 1.25. The molecule has 1 heterocycles. The van der Waals surface area contributed by atoms with Crippen LogP contribution in [0, 0.1) is 0 Å². The van der Waals surface area contributed by atoms with E-state index in [1.165, 1.54) is 0 Å². The van der Waals surface area contributed by atoms with Crippen LogP contribution in [-0.4, -0.2) is 9.97 Å². The summed E-state index contributed by atoms with van der Waals surface area (Å²) in [6, 6.07) is 5.28. The Kier molecular flexibility index (Phi) is 4.23. The van der Waals surface area contributed by atoms with Crippen molar-refractivity contribution in [3.63, 3.8) is 0 Å². The molecule has 2 rings (SSSR count). The summed E-state index contributed by atoms with van der Waals surface area (Å²) < 4.78 is 0.678. The number of hydrazine groups is 1. The van der Waals surface area contributed by atoms with Gasteiger partial charge in [-0.05, 0) is 28.1 Å². The Balaban J connectivity index is 2.36. The second-order valence-corrected chi connectivity index (χ2v) is 4.90. The zero-order valence-corrected chi connectivity index (χ0v) is 12.0. The number of nitrogen functional groups attached to an aromatic ring is 1. The zero-order chi connectivity index (χ0) is 13.1. The Morgan fingerprint density at radius 2 is 2.06 bits per heavy atom. The van der Waals surface area contributed by atoms with Crippen LogP contribution in [-0.2, 0) is 0 Å². The predicted octanol–water partition coefficient (Wildman–Crippen LogP) is 3.58. The Morgan fingerprint density at radius 1 is 1.28 bits per heavy atom. The topological polar surface area (TPSA) is 75.9 Å². The Hall–Kier alpha value is -1.08. The van der Waals surface area contributed by atoms with Gasteiger partial charge in [-0.2, -0.15) is 4.98 Å². The van der Waals surface area contributed by atoms with Crippen LogP contribution in [0.3, 0.4) is 0 Å². The monoisotopic (exact) mass is 347 g/mol. The van der Waals surface area contributed by atoms with Crippen molar-refractivity contribution in [3.8, 4) is 0 Å². The molecule has 5 nitrogen and oxygen atoms in total. The van der Waals surface area contributed by atoms with Crippen LogP contribution in [0.1, 0.15) is 0 Å². The molecule has 0 aliphatic carbocycles. The number of nitrogens with one attached hydrogen (secondary N) is 2. The summed E-state index contributed by atoms with van der Waals surface area (Å²) in [5.74, 6) is 6.07. The zero-order valence-electron chi connectivity index (χ0n) is 8.92. The largest absolute Gasteiger partial charge is 0.338 e. The van der Waals surface area contributed by atoms with E-state index in [2.05, 4.69) is 36.6 Å². The first-order valence-electron chi connectivity index (χ1n) is 4.82. The van der Waals surface area contributed by atoms with Gasteiger partial charge in [-0.15, -0.1) is 0 Å². The van der Waals surface area contributed by atoms with Gasteiger partial charge in [-0.1, -0.05) is 29.3 Å². The molecule has 0 amide bonds. The van der Waals surface area contributed by atoms with Gasteiger partial charge in [0.2, 0.25) is 5.95 Å². The van der Waals surface area contributed by atoms with Gasteiger partial charge in [-0.3, -0.25) is 5.43 Å². The summed E-state index contributed by atoms with van der Waals surface area (Å²) in [6.45, 7) is 0. The van der Waals surface area contributed by atoms with E-state index in [1.807, 2.05) is 0 Å². The molecule has 4 N–H and O–H groups in total. The summed E-state index contributed by atoms with van der Waals surface area (Å²) in [5.41, 5.74) is 3.01. The van der Waals surface area contributed by atoms with Crippen molar-refractivity contribution in [2.45, 2.75) is 0 Å². The highest BCUT2D eigenvalue weighted by Crippen LogP contribution is 2.33. The average molecular weight is 349 g/mol. The van der Waals surface area contributed by atoms with Crippen molar-refractivity contribution in [1.29, 1.82) is 0 Å². The van der Waals surface area contributed by atoms with E-state index in [9.17, 15) is 0 Å². The second-order valence-electron chi connectivity index (χ2n) is 3.26. The molecule has 0 bridgehead atoms. The van der Waals surface area contributed by atoms with Gasteiger partial charge < -0.3 is 5.32 Å². The first-order valence-corrected chi connectivity index (χ1v) is 6.37. The molecular formula is C10H8BrCl2N5. The normalized spacial score (nSPS) is 10.2. The molecular weight excluding hydrogens is 341 g/mol. The molecule has 1 aromatic heterocycles. The van der Waals surface area contributed by atoms with Crippen molar-refractivity contribution in [1.82, 2.24) is 9.97 Å². The molecule has 0 atom stereocenters. The van der Waals surface area contributed by atoms with Gasteiger partial charge in [-0.25, -0.2) is 10.8 Å². The van der Waals surface area contributed by atoms with E-state index >= 15 is 0 Å². The van der Waals surface area contributed by atoms with Crippen molar-refractivity contribution in [2.24, 2.45) is 5.84 Å². The molecule has 18 heavy (non-hydrogen) atoms. The Bertz CT molecular complexity index is 578. The predicted molar refractivity (Wildman–Crippen MR) is 77.3 cm³/mol. The van der Waals surface area contributed by atoms with Crippen LogP contribution in [0.2, 0.25) is 10.0 Å². The minimum absolute atomic E-state index is 0.291. The number of anilines is 3. The SMILES string of the molecule is NNc1ncc(Br)c(Nc2cccc(Cl)c2Cl)n1. The minimum Gasteiger partial charge on any atom is -0.338 e. The Labute approximate surface area is 122 Å². The number of halogens is 3. The maximum atomic E-state index is 6.08. The summed E-state index contributed by atoms with van der Waals surface area (Å²) in [7, 11) is 0. The fourth-order valence-corrected chi connectivity index (χ4v) is 1.89. The molecule has 0 aliphatic rings. The minimum atomic E-state index is 0.291. The first-order chi connectivity index (χ1) is 8.61. The third-order valence-corrected chi connectivity index (χ3v) is 3.48. The van der Waals surface area contributed by atoms with Crippen molar-refractivity contribution >= 4 is 56.6 Å². The lowest BCUT2D eigenvalue weighted by Gasteiger charge is -2.10. The van der Waals surface area contributed by atoms with Gasteiger partial charge in [0.05, 0.1) is 20.2 Å². The lowest BCUT2D eigenvalue weighted by Crippen LogP contribution is -2.11. The smallest absolute Gasteiger partial charge is 0.239 e. The van der Waals surface area contributed by atoms with Crippen LogP contribution in [0.4, 0.5) is 17.5 Å². The number of rotatable bonds is 3. The molecule has 0 unspecified atom stereocenters. The third kappa shape index (κ3) is 2.84. The highest BCUT2D eigenvalue weighted by Gasteiger charge is 2.08. The number of nitrogens with two attached hydrogens (primary N) is 1. The first kappa shape index (κ1) is 13.4. The second kappa shape index (κ2) is 5.71. The maximum Gasteiger partial charge on any atom is 0.239 e. The Morgan fingerprint density at radius 3 is 2.78 bits per heavy atom. The summed E-state index contributed by atoms with van der Waals surface area (Å²) >= 11 is 15.3. The van der Waals surface area contributed by atoms with Gasteiger partial charge in [0.1, 0.15) is 5.82 Å². The van der Waals surface area contributed by atoms with Crippen LogP contribution < -0.4 is 16.6 Å². The highest BCUT2D eigenvalue weighted by molar-refractivity contribution is 9.10. The van der Waals surface area contributed by atoms with E-state index < -0.39 is 0 Å². The number of aromatic nitrogens is 2. The average Bonchev–Trinajstić information content (AvgIpc) is 2.37. The quantitative estimate of drug-likeness (QED) is 0.584. The standard InChI is InChI=1S/C10H8BrCl2N5/c11-5-4-15-10(18-14)17-9(5)16-7-3-1-2-6(12)8(7)13/h1-4H,14H2,(H2,15,16,17,18). The van der Waals surface area contributed by atoms with Crippen molar-refractivity contribution in [3.05, 3.63) is 38.9 Å². The van der Waals surface area contributed by atoms with E-state index in [0.717, 1.165) is 0 Å². The lowest BCUT2D eigenvalue weighted by atomic mass is 10.3. The lowest BCUT2D eigenvalue weighted by molar-refractivity contribution is 1.11.